The highest BCUT2D eigenvalue weighted by molar-refractivity contribution is 9.10. The number of amides is 1. The Bertz CT molecular complexity index is 437. The molecule has 1 saturated heterocycles. The molecule has 0 radical (unpaired) electrons. The second-order valence-corrected chi connectivity index (χ2v) is 5.31. The zero-order valence-electron chi connectivity index (χ0n) is 10.3. The fraction of sp³-hybridized carbons (Fsp3) is 0.462. The Morgan fingerprint density at radius 2 is 2.28 bits per heavy atom. The number of nitrogens with two attached hydrogens (primary N) is 1. The van der Waals surface area contributed by atoms with Crippen LogP contribution in [0.15, 0.2) is 28.7 Å². The van der Waals surface area contributed by atoms with E-state index >= 15 is 0 Å². The van der Waals surface area contributed by atoms with Gasteiger partial charge < -0.3 is 15.4 Å². The van der Waals surface area contributed by atoms with Crippen LogP contribution in [0.3, 0.4) is 0 Å². The van der Waals surface area contributed by atoms with Gasteiger partial charge in [-0.15, -0.1) is 0 Å². The second kappa shape index (κ2) is 5.82. The maximum atomic E-state index is 11.9. The number of ether oxygens (including phenoxy) is 1. The van der Waals surface area contributed by atoms with Crippen LogP contribution in [0.1, 0.15) is 18.6 Å². The molecule has 1 aromatic rings. The third-order valence-corrected chi connectivity index (χ3v) is 3.74. The molecule has 5 heteroatoms. The molecule has 1 fully saturated rings. The van der Waals surface area contributed by atoms with Crippen LogP contribution in [-0.2, 0) is 9.53 Å². The Hall–Kier alpha value is -0.910. The van der Waals surface area contributed by atoms with Gasteiger partial charge in [0.05, 0.1) is 19.2 Å². The molecule has 2 rings (SSSR count). The molecule has 2 atom stereocenters. The summed E-state index contributed by atoms with van der Waals surface area (Å²) in [6, 6.07) is 7.46. The maximum Gasteiger partial charge on any atom is 0.239 e. The van der Waals surface area contributed by atoms with Crippen LogP contribution < -0.4 is 5.73 Å². The van der Waals surface area contributed by atoms with Gasteiger partial charge in [0.25, 0.3) is 0 Å². The third-order valence-electron chi connectivity index (χ3n) is 3.02. The second-order valence-electron chi connectivity index (χ2n) is 4.45. The topological polar surface area (TPSA) is 55.6 Å². The molecule has 2 N–H and O–H groups in total. The van der Waals surface area contributed by atoms with Gasteiger partial charge in [0.2, 0.25) is 5.91 Å². The van der Waals surface area contributed by atoms with Gasteiger partial charge in [0.1, 0.15) is 6.10 Å². The Labute approximate surface area is 115 Å². The van der Waals surface area contributed by atoms with E-state index in [1.165, 1.54) is 0 Å². The summed E-state index contributed by atoms with van der Waals surface area (Å²) in [5.41, 5.74) is 6.71. The van der Waals surface area contributed by atoms with Crippen LogP contribution in [-0.4, -0.2) is 36.5 Å². The van der Waals surface area contributed by atoms with Crippen LogP contribution in [0.5, 0.6) is 0 Å². The minimum Gasteiger partial charge on any atom is -0.370 e. The van der Waals surface area contributed by atoms with Crippen molar-refractivity contribution in [1.29, 1.82) is 0 Å². The first-order chi connectivity index (χ1) is 8.59. The van der Waals surface area contributed by atoms with E-state index in [-0.39, 0.29) is 12.0 Å². The number of rotatable bonds is 2. The van der Waals surface area contributed by atoms with Crippen molar-refractivity contribution in [2.45, 2.75) is 19.1 Å². The molecule has 0 unspecified atom stereocenters. The minimum atomic E-state index is -0.456. The average Bonchev–Trinajstić information content (AvgIpc) is 2.38. The molecular weight excluding hydrogens is 296 g/mol. The van der Waals surface area contributed by atoms with E-state index in [0.717, 1.165) is 10.0 Å². The van der Waals surface area contributed by atoms with E-state index in [1.54, 1.807) is 11.8 Å². The van der Waals surface area contributed by atoms with Crippen molar-refractivity contribution in [3.8, 4) is 0 Å². The molecule has 1 aromatic carbocycles. The quantitative estimate of drug-likeness (QED) is 0.904. The monoisotopic (exact) mass is 312 g/mol. The van der Waals surface area contributed by atoms with Crippen LogP contribution in [0.25, 0.3) is 0 Å². The Morgan fingerprint density at radius 3 is 2.94 bits per heavy atom. The molecule has 1 amide bonds. The molecule has 1 aliphatic rings. The van der Waals surface area contributed by atoms with Crippen LogP contribution in [0.4, 0.5) is 0 Å². The summed E-state index contributed by atoms with van der Waals surface area (Å²) in [5.74, 6) is -0.0182. The fourth-order valence-electron chi connectivity index (χ4n) is 2.06. The van der Waals surface area contributed by atoms with Crippen LogP contribution in [0, 0.1) is 0 Å². The number of benzene rings is 1. The van der Waals surface area contributed by atoms with E-state index in [1.807, 2.05) is 24.3 Å². The SMILES string of the molecule is C[C@H](N)C(=O)N1CCO[C@H](c2ccccc2Br)C1. The summed E-state index contributed by atoms with van der Waals surface area (Å²) in [5, 5.41) is 0. The highest BCUT2D eigenvalue weighted by Gasteiger charge is 2.27. The van der Waals surface area contributed by atoms with Gasteiger partial charge >= 0.3 is 0 Å². The summed E-state index contributed by atoms with van der Waals surface area (Å²) in [4.78, 5) is 13.7. The van der Waals surface area contributed by atoms with Gasteiger partial charge in [0, 0.05) is 11.0 Å². The highest BCUT2D eigenvalue weighted by Crippen LogP contribution is 2.28. The van der Waals surface area contributed by atoms with Crippen molar-refractivity contribution in [1.82, 2.24) is 4.90 Å². The van der Waals surface area contributed by atoms with Gasteiger partial charge in [0.15, 0.2) is 0 Å². The molecule has 98 valence electrons. The molecule has 0 saturated carbocycles. The number of hydrogen-bond donors (Lipinski definition) is 1. The van der Waals surface area contributed by atoms with Crippen LogP contribution in [0.2, 0.25) is 0 Å². The molecule has 18 heavy (non-hydrogen) atoms. The number of halogens is 1. The lowest BCUT2D eigenvalue weighted by molar-refractivity contribution is -0.140. The lowest BCUT2D eigenvalue weighted by atomic mass is 10.1. The van der Waals surface area contributed by atoms with E-state index in [9.17, 15) is 4.79 Å². The molecule has 0 aromatic heterocycles. The lowest BCUT2D eigenvalue weighted by Crippen LogP contribution is -2.48. The first-order valence-electron chi connectivity index (χ1n) is 6.00. The zero-order chi connectivity index (χ0) is 13.1. The summed E-state index contributed by atoms with van der Waals surface area (Å²) in [6.45, 7) is 3.43. The fourth-order valence-corrected chi connectivity index (χ4v) is 2.60. The molecule has 1 aliphatic heterocycles. The number of carbonyl (C=O) groups excluding carboxylic acids is 1. The van der Waals surface area contributed by atoms with Crippen molar-refractivity contribution < 1.29 is 9.53 Å². The van der Waals surface area contributed by atoms with Crippen molar-refractivity contribution in [3.05, 3.63) is 34.3 Å². The highest BCUT2D eigenvalue weighted by atomic mass is 79.9. The summed E-state index contributed by atoms with van der Waals surface area (Å²) in [6.07, 6.45) is -0.0861. The van der Waals surface area contributed by atoms with Crippen molar-refractivity contribution in [3.63, 3.8) is 0 Å². The van der Waals surface area contributed by atoms with Gasteiger partial charge in [-0.1, -0.05) is 34.1 Å². The average molecular weight is 313 g/mol. The van der Waals surface area contributed by atoms with Crippen LogP contribution >= 0.6 is 15.9 Å². The normalized spacial score (nSPS) is 21.7. The molecule has 1 heterocycles. The zero-order valence-corrected chi connectivity index (χ0v) is 11.9. The molecule has 4 nitrogen and oxygen atoms in total. The molecular formula is C13H17BrN2O2. The van der Waals surface area contributed by atoms with E-state index in [2.05, 4.69) is 15.9 Å². The Balaban J connectivity index is 2.12. The smallest absolute Gasteiger partial charge is 0.239 e. The summed E-state index contributed by atoms with van der Waals surface area (Å²) < 4.78 is 6.74. The predicted molar refractivity (Wildman–Crippen MR) is 73.1 cm³/mol. The van der Waals surface area contributed by atoms with Gasteiger partial charge in [-0.3, -0.25) is 4.79 Å². The predicted octanol–water partition coefficient (Wildman–Crippen LogP) is 1.70. The van der Waals surface area contributed by atoms with Crippen molar-refractivity contribution >= 4 is 21.8 Å². The van der Waals surface area contributed by atoms with E-state index < -0.39 is 6.04 Å². The maximum absolute atomic E-state index is 11.9. The largest absolute Gasteiger partial charge is 0.370 e. The summed E-state index contributed by atoms with van der Waals surface area (Å²) in [7, 11) is 0. The molecule has 0 bridgehead atoms. The van der Waals surface area contributed by atoms with Crippen molar-refractivity contribution in [2.75, 3.05) is 19.7 Å². The van der Waals surface area contributed by atoms with Crippen molar-refractivity contribution in [2.24, 2.45) is 5.73 Å². The summed E-state index contributed by atoms with van der Waals surface area (Å²) >= 11 is 3.51. The molecule has 0 spiro atoms. The number of nitrogens with zero attached hydrogens (tertiary/aromatic N) is 1. The third kappa shape index (κ3) is 2.91. The van der Waals surface area contributed by atoms with Gasteiger partial charge in [-0.25, -0.2) is 0 Å². The van der Waals surface area contributed by atoms with E-state index in [0.29, 0.717) is 19.7 Å². The Morgan fingerprint density at radius 1 is 1.56 bits per heavy atom. The first kappa shape index (κ1) is 13.5. The standard InChI is InChI=1S/C13H17BrN2O2/c1-9(15)13(17)16-6-7-18-12(8-16)10-4-2-3-5-11(10)14/h2-5,9,12H,6-8,15H2,1H3/t9-,12-/m0/s1. The molecule has 0 aliphatic carbocycles. The minimum absolute atomic E-state index is 0.0182. The Kier molecular flexibility index (Phi) is 4.37. The number of hydrogen-bond acceptors (Lipinski definition) is 3. The van der Waals surface area contributed by atoms with Gasteiger partial charge in [-0.2, -0.15) is 0 Å². The van der Waals surface area contributed by atoms with E-state index in [4.69, 9.17) is 10.5 Å². The van der Waals surface area contributed by atoms with Gasteiger partial charge in [-0.05, 0) is 18.6 Å². The number of carbonyl (C=O) groups is 1. The number of morpholine rings is 1. The lowest BCUT2D eigenvalue weighted by Gasteiger charge is -2.34. The first-order valence-corrected chi connectivity index (χ1v) is 6.79.